The Balaban J connectivity index is 1.96. The lowest BCUT2D eigenvalue weighted by Crippen LogP contribution is -2.31. The van der Waals surface area contributed by atoms with E-state index in [1.807, 2.05) is 5.32 Å². The first-order valence-electron chi connectivity index (χ1n) is 7.58. The van der Waals surface area contributed by atoms with Crippen LogP contribution in [0.15, 0.2) is 36.4 Å². The molecular formula is C18H16F3NO4. The van der Waals surface area contributed by atoms with Crippen molar-refractivity contribution in [3.8, 4) is 5.75 Å². The minimum atomic E-state index is -1.70. The SMILES string of the molecule is COc1cccc(CC(=O)O[C@@H](C)C(=O)Nc2ccc(F)c(F)c2F)c1. The predicted molar refractivity (Wildman–Crippen MR) is 87.2 cm³/mol. The number of methoxy groups -OCH3 is 1. The van der Waals surface area contributed by atoms with Crippen LogP contribution < -0.4 is 10.1 Å². The highest BCUT2D eigenvalue weighted by Gasteiger charge is 2.21. The molecule has 0 bridgehead atoms. The van der Waals surface area contributed by atoms with Crippen molar-refractivity contribution in [2.45, 2.75) is 19.4 Å². The second kappa shape index (κ2) is 8.37. The number of esters is 1. The van der Waals surface area contributed by atoms with Gasteiger partial charge in [-0.2, -0.15) is 0 Å². The third-order valence-electron chi connectivity index (χ3n) is 3.45. The van der Waals surface area contributed by atoms with Crippen LogP contribution in [0, 0.1) is 17.5 Å². The Bertz CT molecular complexity index is 826. The Morgan fingerprint density at radius 2 is 1.85 bits per heavy atom. The molecule has 8 heteroatoms. The number of nitrogens with one attached hydrogen (secondary N) is 1. The van der Waals surface area contributed by atoms with E-state index in [1.54, 1.807) is 24.3 Å². The third-order valence-corrected chi connectivity index (χ3v) is 3.45. The van der Waals surface area contributed by atoms with E-state index in [0.717, 1.165) is 6.07 Å². The van der Waals surface area contributed by atoms with Crippen molar-refractivity contribution in [3.63, 3.8) is 0 Å². The normalized spacial score (nSPS) is 11.6. The maximum Gasteiger partial charge on any atom is 0.311 e. The fourth-order valence-electron chi connectivity index (χ4n) is 2.10. The summed E-state index contributed by atoms with van der Waals surface area (Å²) in [5.74, 6) is -5.62. The van der Waals surface area contributed by atoms with Crippen LogP contribution in [0.25, 0.3) is 0 Å². The van der Waals surface area contributed by atoms with Crippen molar-refractivity contribution in [1.29, 1.82) is 0 Å². The number of benzene rings is 2. The number of halogens is 3. The van der Waals surface area contributed by atoms with E-state index < -0.39 is 41.1 Å². The van der Waals surface area contributed by atoms with E-state index in [0.29, 0.717) is 17.4 Å². The van der Waals surface area contributed by atoms with Crippen LogP contribution in [0.2, 0.25) is 0 Å². The zero-order valence-electron chi connectivity index (χ0n) is 14.0. The second-order valence-corrected chi connectivity index (χ2v) is 5.37. The summed E-state index contributed by atoms with van der Waals surface area (Å²) in [6.45, 7) is 1.27. The van der Waals surface area contributed by atoms with Gasteiger partial charge in [0.2, 0.25) is 0 Å². The number of rotatable bonds is 6. The maximum atomic E-state index is 13.6. The summed E-state index contributed by atoms with van der Waals surface area (Å²) in [6, 6.07) is 8.28. The number of amides is 1. The van der Waals surface area contributed by atoms with E-state index in [1.165, 1.54) is 14.0 Å². The first-order valence-corrected chi connectivity index (χ1v) is 7.58. The van der Waals surface area contributed by atoms with Crippen LogP contribution >= 0.6 is 0 Å². The van der Waals surface area contributed by atoms with Crippen LogP contribution in [-0.2, 0) is 20.7 Å². The summed E-state index contributed by atoms with van der Waals surface area (Å²) < 4.78 is 49.6. The molecule has 0 saturated carbocycles. The molecule has 0 saturated heterocycles. The molecule has 1 N–H and O–H groups in total. The molecule has 138 valence electrons. The summed E-state index contributed by atoms with van der Waals surface area (Å²) in [5, 5.41) is 2.05. The Hall–Kier alpha value is -3.03. The Kier molecular flexibility index (Phi) is 6.21. The molecule has 2 rings (SSSR count). The monoisotopic (exact) mass is 367 g/mol. The van der Waals surface area contributed by atoms with Gasteiger partial charge in [-0.15, -0.1) is 0 Å². The number of carbonyl (C=O) groups is 2. The summed E-state index contributed by atoms with van der Waals surface area (Å²) in [4.78, 5) is 23.9. The molecule has 2 aromatic carbocycles. The van der Waals surface area contributed by atoms with Gasteiger partial charge in [0.1, 0.15) is 5.75 Å². The van der Waals surface area contributed by atoms with Gasteiger partial charge < -0.3 is 14.8 Å². The molecule has 1 atom stereocenters. The fraction of sp³-hybridized carbons (Fsp3) is 0.222. The van der Waals surface area contributed by atoms with Crippen LogP contribution in [0.1, 0.15) is 12.5 Å². The molecular weight excluding hydrogens is 351 g/mol. The van der Waals surface area contributed by atoms with E-state index in [9.17, 15) is 22.8 Å². The standard InChI is InChI=1S/C18H16F3NO4/c1-10(18(24)22-14-7-6-13(19)16(20)17(14)21)26-15(23)9-11-4-3-5-12(8-11)25-2/h3-8,10H,9H2,1-2H3,(H,22,24)/t10-/m0/s1. The summed E-state index contributed by atoms with van der Waals surface area (Å²) in [5.41, 5.74) is 0.0678. The minimum Gasteiger partial charge on any atom is -0.497 e. The van der Waals surface area contributed by atoms with Gasteiger partial charge in [-0.05, 0) is 36.8 Å². The molecule has 0 aliphatic rings. The van der Waals surface area contributed by atoms with Crippen molar-refractivity contribution in [2.75, 3.05) is 12.4 Å². The first-order chi connectivity index (χ1) is 12.3. The van der Waals surface area contributed by atoms with Gasteiger partial charge in [0.25, 0.3) is 5.91 Å². The van der Waals surface area contributed by atoms with E-state index in [4.69, 9.17) is 9.47 Å². The topological polar surface area (TPSA) is 64.6 Å². The molecule has 0 aliphatic carbocycles. The Morgan fingerprint density at radius 3 is 2.54 bits per heavy atom. The van der Waals surface area contributed by atoms with Crippen molar-refractivity contribution >= 4 is 17.6 Å². The van der Waals surface area contributed by atoms with Crippen LogP contribution in [0.4, 0.5) is 18.9 Å². The van der Waals surface area contributed by atoms with Crippen molar-refractivity contribution < 1.29 is 32.2 Å². The molecule has 0 spiro atoms. The molecule has 5 nitrogen and oxygen atoms in total. The number of hydrogen-bond donors (Lipinski definition) is 1. The number of anilines is 1. The molecule has 0 unspecified atom stereocenters. The molecule has 0 fully saturated rings. The lowest BCUT2D eigenvalue weighted by Gasteiger charge is -2.14. The average Bonchev–Trinajstić information content (AvgIpc) is 2.62. The predicted octanol–water partition coefficient (Wildman–Crippen LogP) is 3.23. The van der Waals surface area contributed by atoms with Gasteiger partial charge in [-0.25, -0.2) is 13.2 Å². The first kappa shape index (κ1) is 19.3. The highest BCUT2D eigenvalue weighted by Crippen LogP contribution is 2.20. The third kappa shape index (κ3) is 4.75. The van der Waals surface area contributed by atoms with Gasteiger partial charge in [0.05, 0.1) is 19.2 Å². The lowest BCUT2D eigenvalue weighted by atomic mass is 10.1. The highest BCUT2D eigenvalue weighted by atomic mass is 19.2. The second-order valence-electron chi connectivity index (χ2n) is 5.37. The van der Waals surface area contributed by atoms with Crippen LogP contribution in [-0.4, -0.2) is 25.1 Å². The van der Waals surface area contributed by atoms with Crippen molar-refractivity contribution in [3.05, 3.63) is 59.4 Å². The molecule has 0 heterocycles. The molecule has 2 aromatic rings. The smallest absolute Gasteiger partial charge is 0.311 e. The van der Waals surface area contributed by atoms with Gasteiger partial charge in [-0.3, -0.25) is 9.59 Å². The molecule has 0 aromatic heterocycles. The van der Waals surface area contributed by atoms with E-state index in [-0.39, 0.29) is 6.42 Å². The number of ether oxygens (including phenoxy) is 2. The highest BCUT2D eigenvalue weighted by molar-refractivity contribution is 5.95. The largest absolute Gasteiger partial charge is 0.497 e. The van der Waals surface area contributed by atoms with Crippen LogP contribution in [0.5, 0.6) is 5.75 Å². The Labute approximate surface area is 147 Å². The van der Waals surface area contributed by atoms with E-state index >= 15 is 0 Å². The van der Waals surface area contributed by atoms with Gasteiger partial charge in [0, 0.05) is 0 Å². The summed E-state index contributed by atoms with van der Waals surface area (Å²) >= 11 is 0. The lowest BCUT2D eigenvalue weighted by molar-refractivity contribution is -0.152. The van der Waals surface area contributed by atoms with Gasteiger partial charge in [-0.1, -0.05) is 12.1 Å². The quantitative estimate of drug-likeness (QED) is 0.629. The zero-order valence-corrected chi connectivity index (χ0v) is 14.0. The van der Waals surface area contributed by atoms with Gasteiger partial charge in [0.15, 0.2) is 23.6 Å². The maximum absolute atomic E-state index is 13.6. The minimum absolute atomic E-state index is 0.103. The van der Waals surface area contributed by atoms with Gasteiger partial charge >= 0.3 is 5.97 Å². The summed E-state index contributed by atoms with van der Waals surface area (Å²) in [7, 11) is 1.49. The average molecular weight is 367 g/mol. The Morgan fingerprint density at radius 1 is 1.12 bits per heavy atom. The molecule has 1 amide bonds. The number of carbonyl (C=O) groups excluding carboxylic acids is 2. The van der Waals surface area contributed by atoms with E-state index in [2.05, 4.69) is 0 Å². The molecule has 26 heavy (non-hydrogen) atoms. The number of hydrogen-bond acceptors (Lipinski definition) is 4. The fourth-order valence-corrected chi connectivity index (χ4v) is 2.10. The van der Waals surface area contributed by atoms with Crippen molar-refractivity contribution in [2.24, 2.45) is 0 Å². The summed E-state index contributed by atoms with van der Waals surface area (Å²) in [6.07, 6.45) is -1.37. The van der Waals surface area contributed by atoms with Crippen molar-refractivity contribution in [1.82, 2.24) is 0 Å². The molecule has 0 radical (unpaired) electrons. The molecule has 0 aliphatic heterocycles. The van der Waals surface area contributed by atoms with Crippen LogP contribution in [0.3, 0.4) is 0 Å². The zero-order chi connectivity index (χ0) is 19.3.